The van der Waals surface area contributed by atoms with Crippen molar-refractivity contribution in [3.05, 3.63) is 108 Å². The maximum Gasteiger partial charge on any atom is 0.152 e. The molecule has 0 fully saturated rings. The van der Waals surface area contributed by atoms with E-state index in [0.29, 0.717) is 0 Å². The van der Waals surface area contributed by atoms with Gasteiger partial charge in [0.05, 0.1) is 15.5 Å². The normalized spacial score (nSPS) is 12.3. The highest BCUT2D eigenvalue weighted by molar-refractivity contribution is 8.01. The molecule has 0 saturated carbocycles. The van der Waals surface area contributed by atoms with Gasteiger partial charge in [0, 0.05) is 5.56 Å². The Balaban J connectivity index is 1.52. The van der Waals surface area contributed by atoms with Crippen molar-refractivity contribution in [2.45, 2.75) is 16.5 Å². The first-order valence-electron chi connectivity index (χ1n) is 9.50. The fourth-order valence-electron chi connectivity index (χ4n) is 3.29. The third-order valence-electron chi connectivity index (χ3n) is 4.82. The Labute approximate surface area is 178 Å². The molecule has 0 bridgehead atoms. The fraction of sp³-hybridized carbons (Fsp3) is 0.0800. The van der Waals surface area contributed by atoms with Crippen molar-refractivity contribution in [2.24, 2.45) is 0 Å². The summed E-state index contributed by atoms with van der Waals surface area (Å²) in [4.78, 5) is 4.82. The van der Waals surface area contributed by atoms with Crippen LogP contribution in [0.4, 0.5) is 0 Å². The van der Waals surface area contributed by atoms with Crippen LogP contribution in [-0.2, 0) is 0 Å². The molecule has 0 aliphatic carbocycles. The largest absolute Gasteiger partial charge is 0.460 e. The first-order valence-corrected chi connectivity index (χ1v) is 11.2. The summed E-state index contributed by atoms with van der Waals surface area (Å²) in [5.41, 5.74) is 4.60. The monoisotopic (exact) mass is 413 g/mol. The van der Waals surface area contributed by atoms with Gasteiger partial charge in [-0.15, -0.1) is 11.3 Å². The summed E-state index contributed by atoms with van der Waals surface area (Å²) < 4.78 is 8.59. The number of thioether (sulfide) groups is 1. The number of fused-ring (bicyclic) bond motifs is 1. The van der Waals surface area contributed by atoms with Gasteiger partial charge >= 0.3 is 0 Å². The summed E-state index contributed by atoms with van der Waals surface area (Å²) >= 11 is 3.48. The second-order valence-electron chi connectivity index (χ2n) is 6.92. The molecule has 5 aromatic rings. The molecular formula is C25H19NOS2. The van der Waals surface area contributed by atoms with Crippen LogP contribution >= 0.6 is 23.1 Å². The minimum atomic E-state index is 0.0518. The van der Waals surface area contributed by atoms with E-state index in [0.717, 1.165) is 26.9 Å². The van der Waals surface area contributed by atoms with Crippen LogP contribution in [0.25, 0.3) is 21.5 Å². The van der Waals surface area contributed by atoms with Crippen molar-refractivity contribution in [1.29, 1.82) is 0 Å². The number of benzene rings is 3. The molecule has 1 atom stereocenters. The van der Waals surface area contributed by atoms with Gasteiger partial charge in [0.1, 0.15) is 11.5 Å². The number of hydrogen-bond donors (Lipinski definition) is 0. The second kappa shape index (κ2) is 7.90. The number of thiazole rings is 1. The molecule has 0 radical (unpaired) electrons. The Morgan fingerprint density at radius 3 is 2.38 bits per heavy atom. The summed E-state index contributed by atoms with van der Waals surface area (Å²) in [7, 11) is 0. The van der Waals surface area contributed by atoms with E-state index in [2.05, 4.69) is 85.8 Å². The topological polar surface area (TPSA) is 26.0 Å². The van der Waals surface area contributed by atoms with E-state index >= 15 is 0 Å². The van der Waals surface area contributed by atoms with E-state index < -0.39 is 0 Å². The molecule has 142 valence electrons. The van der Waals surface area contributed by atoms with E-state index in [4.69, 9.17) is 9.40 Å². The smallest absolute Gasteiger partial charge is 0.152 e. The number of aromatic nitrogens is 1. The first-order chi connectivity index (χ1) is 14.3. The summed E-state index contributed by atoms with van der Waals surface area (Å²) in [6, 6.07) is 31.4. The highest BCUT2D eigenvalue weighted by atomic mass is 32.2. The Morgan fingerprint density at radius 2 is 1.59 bits per heavy atom. The SMILES string of the molecule is Cc1ccc(-c2ccc(C(Sc3nc4ccccc4s3)c3ccccc3)o2)cc1. The molecule has 2 heterocycles. The molecule has 1 unspecified atom stereocenters. The van der Waals surface area contributed by atoms with Crippen LogP contribution in [0.2, 0.25) is 0 Å². The lowest BCUT2D eigenvalue weighted by atomic mass is 10.1. The van der Waals surface area contributed by atoms with Crippen LogP contribution in [0.1, 0.15) is 22.1 Å². The van der Waals surface area contributed by atoms with Crippen LogP contribution in [-0.4, -0.2) is 4.98 Å². The molecule has 0 aliphatic heterocycles. The van der Waals surface area contributed by atoms with Crippen LogP contribution in [0, 0.1) is 6.92 Å². The van der Waals surface area contributed by atoms with Gasteiger partial charge < -0.3 is 4.42 Å². The van der Waals surface area contributed by atoms with E-state index in [1.807, 2.05) is 12.1 Å². The lowest BCUT2D eigenvalue weighted by Crippen LogP contribution is -1.94. The van der Waals surface area contributed by atoms with Crippen LogP contribution in [0.3, 0.4) is 0 Å². The average molecular weight is 414 g/mol. The summed E-state index contributed by atoms with van der Waals surface area (Å²) in [5.74, 6) is 1.84. The van der Waals surface area contributed by atoms with Gasteiger partial charge in [-0.2, -0.15) is 0 Å². The van der Waals surface area contributed by atoms with E-state index in [1.165, 1.54) is 15.8 Å². The molecule has 2 aromatic heterocycles. The third-order valence-corrected chi connectivity index (χ3v) is 7.22. The zero-order valence-corrected chi connectivity index (χ0v) is 17.5. The predicted molar refractivity (Wildman–Crippen MR) is 123 cm³/mol. The Hall–Kier alpha value is -2.82. The third kappa shape index (κ3) is 3.86. The molecule has 0 amide bonds. The van der Waals surface area contributed by atoms with Crippen molar-refractivity contribution in [3.63, 3.8) is 0 Å². The Bertz CT molecular complexity index is 1210. The number of aryl methyl sites for hydroxylation is 1. The van der Waals surface area contributed by atoms with Crippen molar-refractivity contribution in [3.8, 4) is 11.3 Å². The van der Waals surface area contributed by atoms with Crippen LogP contribution in [0.15, 0.2) is 99.8 Å². The fourth-order valence-corrected chi connectivity index (χ4v) is 5.62. The lowest BCUT2D eigenvalue weighted by molar-refractivity contribution is 0.531. The number of rotatable bonds is 5. The van der Waals surface area contributed by atoms with Crippen molar-refractivity contribution in [1.82, 2.24) is 4.98 Å². The van der Waals surface area contributed by atoms with Crippen LogP contribution < -0.4 is 0 Å². The summed E-state index contributed by atoms with van der Waals surface area (Å²) in [6.45, 7) is 2.09. The van der Waals surface area contributed by atoms with Crippen molar-refractivity contribution in [2.75, 3.05) is 0 Å². The molecule has 2 nitrogen and oxygen atoms in total. The minimum Gasteiger partial charge on any atom is -0.460 e. The maximum atomic E-state index is 6.33. The van der Waals surface area contributed by atoms with Crippen molar-refractivity contribution >= 4 is 33.3 Å². The predicted octanol–water partition coefficient (Wildman–Crippen LogP) is 7.75. The van der Waals surface area contributed by atoms with Gasteiger partial charge in [-0.3, -0.25) is 0 Å². The van der Waals surface area contributed by atoms with Gasteiger partial charge in [-0.25, -0.2) is 4.98 Å². The molecule has 4 heteroatoms. The number of nitrogens with zero attached hydrogens (tertiary/aromatic N) is 1. The number of hydrogen-bond acceptors (Lipinski definition) is 4. The van der Waals surface area contributed by atoms with E-state index in [1.54, 1.807) is 23.1 Å². The number of para-hydroxylation sites is 1. The van der Waals surface area contributed by atoms with E-state index in [-0.39, 0.29) is 5.25 Å². The Kier molecular flexibility index (Phi) is 4.96. The van der Waals surface area contributed by atoms with Gasteiger partial charge in [-0.05, 0) is 36.8 Å². The highest BCUT2D eigenvalue weighted by Gasteiger charge is 2.22. The molecule has 5 rings (SSSR count). The quantitative estimate of drug-likeness (QED) is 0.276. The molecule has 0 spiro atoms. The Morgan fingerprint density at radius 1 is 0.828 bits per heavy atom. The lowest BCUT2D eigenvalue weighted by Gasteiger charge is -2.13. The zero-order valence-electron chi connectivity index (χ0n) is 15.9. The molecule has 0 saturated heterocycles. The minimum absolute atomic E-state index is 0.0518. The molecular weight excluding hydrogens is 394 g/mol. The van der Waals surface area contributed by atoms with Gasteiger partial charge in [0.15, 0.2) is 4.34 Å². The zero-order chi connectivity index (χ0) is 19.6. The van der Waals surface area contributed by atoms with Crippen molar-refractivity contribution < 1.29 is 4.42 Å². The molecule has 0 aliphatic rings. The maximum absolute atomic E-state index is 6.33. The van der Waals surface area contributed by atoms with Crippen LogP contribution in [0.5, 0.6) is 0 Å². The molecule has 3 aromatic carbocycles. The first kappa shape index (κ1) is 18.2. The van der Waals surface area contributed by atoms with Gasteiger partial charge in [0.2, 0.25) is 0 Å². The average Bonchev–Trinajstić information content (AvgIpc) is 3.40. The standard InChI is InChI=1S/C25H19NOS2/c1-17-11-13-18(14-12-17)21-15-16-22(27-21)24(19-7-3-2-4-8-19)29-25-26-20-9-5-6-10-23(20)28-25/h2-16,24H,1H3. The second-order valence-corrected chi connectivity index (χ2v) is 9.31. The molecule has 29 heavy (non-hydrogen) atoms. The summed E-state index contributed by atoms with van der Waals surface area (Å²) in [5, 5.41) is 0.0518. The highest BCUT2D eigenvalue weighted by Crippen LogP contribution is 2.44. The molecule has 0 N–H and O–H groups in total. The van der Waals surface area contributed by atoms with Gasteiger partial charge in [-0.1, -0.05) is 84.1 Å². The van der Waals surface area contributed by atoms with Gasteiger partial charge in [0.25, 0.3) is 0 Å². The summed E-state index contributed by atoms with van der Waals surface area (Å²) in [6.07, 6.45) is 0. The van der Waals surface area contributed by atoms with E-state index in [9.17, 15) is 0 Å². The number of furan rings is 1.